The van der Waals surface area contributed by atoms with Gasteiger partial charge in [-0.15, -0.1) is 11.3 Å². The first kappa shape index (κ1) is 26.6. The molecule has 4 aromatic heterocycles. The Balaban J connectivity index is 1.54. The third kappa shape index (κ3) is 4.63. The molecule has 41 heavy (non-hydrogen) atoms. The molecule has 0 fully saturated rings. The molecule has 5 aromatic rings. The third-order valence-corrected chi connectivity index (χ3v) is 8.83. The van der Waals surface area contributed by atoms with Crippen LogP contribution in [0, 0.1) is 19.3 Å². The second-order valence-electron chi connectivity index (χ2n) is 10.4. The standard InChI is InChI=1S/C31H29N5O4S/c1-17-10-12-19(13-11-17)16-36-25(32)21(15-22-27(36)33-26-18(2)7-6-14-35(26)30(22)38)28(37)34-29-24(31(39)40-3)20-8-4-5-9-23(20)41-29/h6-7,10-15,32H,4-5,8-9,16H2,1-3H3,(H,34,37). The van der Waals surface area contributed by atoms with E-state index in [-0.39, 0.29) is 28.5 Å². The zero-order chi connectivity index (χ0) is 28.8. The first-order valence-corrected chi connectivity index (χ1v) is 14.3. The number of aromatic nitrogens is 3. The minimum Gasteiger partial charge on any atom is -0.465 e. The van der Waals surface area contributed by atoms with Crippen LogP contribution in [-0.2, 0) is 24.1 Å². The fourth-order valence-corrected chi connectivity index (χ4v) is 6.71. The second kappa shape index (κ2) is 10.4. The molecule has 0 spiro atoms. The van der Waals surface area contributed by atoms with Crippen molar-refractivity contribution in [3.63, 3.8) is 0 Å². The van der Waals surface area contributed by atoms with Gasteiger partial charge >= 0.3 is 5.97 Å². The molecular weight excluding hydrogens is 538 g/mol. The first-order valence-electron chi connectivity index (χ1n) is 13.5. The summed E-state index contributed by atoms with van der Waals surface area (Å²) in [5.74, 6) is -1.07. The Bertz CT molecular complexity index is 1990. The van der Waals surface area contributed by atoms with Crippen molar-refractivity contribution in [2.24, 2.45) is 0 Å². The van der Waals surface area contributed by atoms with Crippen molar-refractivity contribution in [2.75, 3.05) is 12.4 Å². The molecular formula is C31H29N5O4S. The number of esters is 1. The number of fused-ring (bicyclic) bond motifs is 3. The Labute approximate surface area is 239 Å². The molecule has 0 saturated heterocycles. The van der Waals surface area contributed by atoms with Crippen molar-refractivity contribution in [1.29, 1.82) is 5.41 Å². The van der Waals surface area contributed by atoms with Crippen LogP contribution in [-0.4, -0.2) is 32.9 Å². The fraction of sp³-hybridized carbons (Fsp3) is 0.258. The Morgan fingerprint density at radius 2 is 1.85 bits per heavy atom. The van der Waals surface area contributed by atoms with Crippen molar-refractivity contribution in [2.45, 2.75) is 46.1 Å². The highest BCUT2D eigenvalue weighted by molar-refractivity contribution is 7.17. The lowest BCUT2D eigenvalue weighted by atomic mass is 9.95. The smallest absolute Gasteiger partial charge is 0.341 e. The molecule has 9 nitrogen and oxygen atoms in total. The van der Waals surface area contributed by atoms with Crippen LogP contribution in [0.1, 0.15) is 60.7 Å². The molecule has 1 aromatic carbocycles. The number of nitrogens with one attached hydrogen (secondary N) is 2. The zero-order valence-electron chi connectivity index (χ0n) is 23.0. The predicted molar refractivity (Wildman–Crippen MR) is 158 cm³/mol. The maximum Gasteiger partial charge on any atom is 0.341 e. The highest BCUT2D eigenvalue weighted by Gasteiger charge is 2.28. The summed E-state index contributed by atoms with van der Waals surface area (Å²) in [6, 6.07) is 13.0. The number of carbonyl (C=O) groups excluding carboxylic acids is 2. The molecule has 0 saturated carbocycles. The molecule has 0 atom stereocenters. The number of hydrogen-bond acceptors (Lipinski definition) is 7. The molecule has 0 unspecified atom stereocenters. The number of anilines is 1. The summed E-state index contributed by atoms with van der Waals surface area (Å²) in [6.45, 7) is 4.11. The Morgan fingerprint density at radius 1 is 1.10 bits per heavy atom. The van der Waals surface area contributed by atoms with Gasteiger partial charge in [0.15, 0.2) is 0 Å². The van der Waals surface area contributed by atoms with E-state index in [1.807, 2.05) is 44.2 Å². The normalized spacial score (nSPS) is 12.9. The van der Waals surface area contributed by atoms with Gasteiger partial charge in [0.2, 0.25) is 0 Å². The molecule has 0 aliphatic heterocycles. The van der Waals surface area contributed by atoms with Crippen molar-refractivity contribution < 1.29 is 14.3 Å². The Morgan fingerprint density at radius 3 is 2.61 bits per heavy atom. The summed E-state index contributed by atoms with van der Waals surface area (Å²) in [5, 5.41) is 12.6. The maximum absolute atomic E-state index is 13.8. The van der Waals surface area contributed by atoms with E-state index in [1.54, 1.807) is 16.8 Å². The summed E-state index contributed by atoms with van der Waals surface area (Å²) >= 11 is 1.37. The molecule has 1 aliphatic rings. The quantitative estimate of drug-likeness (QED) is 0.234. The summed E-state index contributed by atoms with van der Waals surface area (Å²) < 4.78 is 8.11. The molecule has 4 heterocycles. The lowest BCUT2D eigenvalue weighted by Gasteiger charge is -2.16. The number of hydrogen-bond donors (Lipinski definition) is 2. The fourth-order valence-electron chi connectivity index (χ4n) is 5.44. The SMILES string of the molecule is COC(=O)c1c(NC(=O)c2cc3c(=O)n4cccc(C)c4nc3n(Cc3ccc(C)cc3)c2=N)sc2c1CCCC2. The van der Waals surface area contributed by atoms with Gasteiger partial charge in [0.05, 0.1) is 30.2 Å². The van der Waals surface area contributed by atoms with E-state index in [0.717, 1.165) is 52.8 Å². The van der Waals surface area contributed by atoms with Gasteiger partial charge in [-0.2, -0.15) is 0 Å². The number of pyridine rings is 2. The van der Waals surface area contributed by atoms with Gasteiger partial charge < -0.3 is 14.6 Å². The molecule has 1 amide bonds. The molecule has 2 N–H and O–H groups in total. The number of methoxy groups -OCH3 is 1. The van der Waals surface area contributed by atoms with Crippen LogP contribution < -0.4 is 16.4 Å². The summed E-state index contributed by atoms with van der Waals surface area (Å²) in [7, 11) is 1.33. The van der Waals surface area contributed by atoms with E-state index in [9.17, 15) is 14.4 Å². The topological polar surface area (TPSA) is 119 Å². The van der Waals surface area contributed by atoms with E-state index < -0.39 is 11.9 Å². The molecule has 208 valence electrons. The largest absolute Gasteiger partial charge is 0.465 e. The van der Waals surface area contributed by atoms with E-state index in [0.29, 0.717) is 21.9 Å². The maximum atomic E-state index is 13.8. The minimum absolute atomic E-state index is 0.0123. The monoisotopic (exact) mass is 567 g/mol. The van der Waals surface area contributed by atoms with Crippen LogP contribution in [0.4, 0.5) is 5.00 Å². The van der Waals surface area contributed by atoms with Crippen LogP contribution in [0.15, 0.2) is 53.5 Å². The van der Waals surface area contributed by atoms with Crippen molar-refractivity contribution in [3.8, 4) is 0 Å². The van der Waals surface area contributed by atoms with Crippen molar-refractivity contribution in [1.82, 2.24) is 14.0 Å². The van der Waals surface area contributed by atoms with Gasteiger partial charge in [0.1, 0.15) is 21.8 Å². The number of carbonyl (C=O) groups is 2. The Kier molecular flexibility index (Phi) is 6.78. The average Bonchev–Trinajstić information content (AvgIpc) is 3.33. The van der Waals surface area contributed by atoms with Gasteiger partial charge in [-0.1, -0.05) is 35.9 Å². The number of aryl methyl sites for hydroxylation is 3. The number of amides is 1. The van der Waals surface area contributed by atoms with Gasteiger partial charge in [0, 0.05) is 11.1 Å². The number of rotatable bonds is 5. The van der Waals surface area contributed by atoms with Crippen molar-refractivity contribution in [3.05, 3.63) is 103 Å². The average molecular weight is 568 g/mol. The highest BCUT2D eigenvalue weighted by Crippen LogP contribution is 2.38. The van der Waals surface area contributed by atoms with E-state index in [4.69, 9.17) is 15.1 Å². The second-order valence-corrected chi connectivity index (χ2v) is 11.5. The van der Waals surface area contributed by atoms with Crippen molar-refractivity contribution >= 4 is 44.9 Å². The minimum atomic E-state index is -0.577. The number of nitrogens with zero attached hydrogens (tertiary/aromatic N) is 3. The van der Waals surface area contributed by atoms with Gasteiger partial charge in [-0.25, -0.2) is 9.78 Å². The predicted octanol–water partition coefficient (Wildman–Crippen LogP) is 4.77. The van der Waals surface area contributed by atoms with E-state index >= 15 is 0 Å². The Hall–Kier alpha value is -4.57. The summed E-state index contributed by atoms with van der Waals surface area (Å²) in [4.78, 5) is 46.1. The number of benzene rings is 1. The van der Waals surface area contributed by atoms with Crippen LogP contribution in [0.2, 0.25) is 0 Å². The van der Waals surface area contributed by atoms with Gasteiger partial charge in [-0.3, -0.25) is 19.4 Å². The van der Waals surface area contributed by atoms with Crippen LogP contribution >= 0.6 is 11.3 Å². The van der Waals surface area contributed by atoms with Gasteiger partial charge in [0.25, 0.3) is 11.5 Å². The zero-order valence-corrected chi connectivity index (χ0v) is 23.9. The summed E-state index contributed by atoms with van der Waals surface area (Å²) in [5.41, 5.74) is 4.54. The molecule has 1 aliphatic carbocycles. The molecule has 10 heteroatoms. The van der Waals surface area contributed by atoms with Crippen LogP contribution in [0.5, 0.6) is 0 Å². The number of thiophene rings is 1. The van der Waals surface area contributed by atoms with Gasteiger partial charge in [-0.05, 0) is 68.4 Å². The highest BCUT2D eigenvalue weighted by atomic mass is 32.1. The van der Waals surface area contributed by atoms with Crippen LogP contribution in [0.25, 0.3) is 16.7 Å². The lowest BCUT2D eigenvalue weighted by Crippen LogP contribution is -2.32. The number of ether oxygens (including phenoxy) is 1. The summed E-state index contributed by atoms with van der Waals surface area (Å²) in [6.07, 6.45) is 5.22. The molecule has 0 radical (unpaired) electrons. The van der Waals surface area contributed by atoms with E-state index in [1.165, 1.54) is 28.9 Å². The molecule has 6 rings (SSSR count). The van der Waals surface area contributed by atoms with Crippen LogP contribution in [0.3, 0.4) is 0 Å². The third-order valence-electron chi connectivity index (χ3n) is 7.63. The first-order chi connectivity index (χ1) is 19.8. The van der Waals surface area contributed by atoms with E-state index in [2.05, 4.69) is 5.32 Å². The lowest BCUT2D eigenvalue weighted by molar-refractivity contribution is 0.0601. The molecule has 0 bridgehead atoms.